The van der Waals surface area contributed by atoms with Crippen molar-refractivity contribution in [1.82, 2.24) is 24.4 Å². The van der Waals surface area contributed by atoms with Crippen molar-refractivity contribution >= 4 is 0 Å². The van der Waals surface area contributed by atoms with Crippen LogP contribution < -0.4 is 5.32 Å². The average molecular weight is 233 g/mol. The summed E-state index contributed by atoms with van der Waals surface area (Å²) >= 11 is 0. The number of nitrogens with one attached hydrogen (secondary N) is 1. The molecule has 0 saturated carbocycles. The lowest BCUT2D eigenvalue weighted by molar-refractivity contribution is 0.509. The number of hydrogen-bond acceptors (Lipinski definition) is 3. The van der Waals surface area contributed by atoms with E-state index in [1.165, 1.54) is 5.69 Å². The van der Waals surface area contributed by atoms with Crippen LogP contribution >= 0.6 is 0 Å². The van der Waals surface area contributed by atoms with E-state index >= 15 is 0 Å². The zero-order valence-electron chi connectivity index (χ0n) is 10.6. The van der Waals surface area contributed by atoms with Crippen LogP contribution in [0.25, 0.3) is 0 Å². The zero-order valence-corrected chi connectivity index (χ0v) is 10.6. The molecule has 2 heterocycles. The zero-order chi connectivity index (χ0) is 12.3. The SMILES string of the molecule is CNC(CCc1nccn1C)c1cncn1C. The first kappa shape index (κ1) is 11.9. The molecule has 1 unspecified atom stereocenters. The molecule has 0 fully saturated rings. The van der Waals surface area contributed by atoms with Crippen LogP contribution in [0.15, 0.2) is 24.9 Å². The molecular weight excluding hydrogens is 214 g/mol. The van der Waals surface area contributed by atoms with E-state index in [-0.39, 0.29) is 0 Å². The maximum absolute atomic E-state index is 4.34. The predicted octanol–water partition coefficient (Wildman–Crippen LogP) is 1.05. The van der Waals surface area contributed by atoms with Crippen LogP contribution in [0, 0.1) is 0 Å². The smallest absolute Gasteiger partial charge is 0.108 e. The Balaban J connectivity index is 2.02. The fraction of sp³-hybridized carbons (Fsp3) is 0.500. The second kappa shape index (κ2) is 5.14. The summed E-state index contributed by atoms with van der Waals surface area (Å²) in [7, 11) is 6.03. The molecule has 92 valence electrons. The van der Waals surface area contributed by atoms with Crippen molar-refractivity contribution < 1.29 is 0 Å². The van der Waals surface area contributed by atoms with E-state index < -0.39 is 0 Å². The number of imidazole rings is 2. The third-order valence-electron chi connectivity index (χ3n) is 3.14. The highest BCUT2D eigenvalue weighted by Crippen LogP contribution is 2.17. The van der Waals surface area contributed by atoms with Crippen LogP contribution in [0.5, 0.6) is 0 Å². The molecule has 0 aromatic carbocycles. The van der Waals surface area contributed by atoms with Gasteiger partial charge in [0, 0.05) is 45.1 Å². The third kappa shape index (κ3) is 2.55. The van der Waals surface area contributed by atoms with Crippen molar-refractivity contribution in [3.63, 3.8) is 0 Å². The molecule has 5 nitrogen and oxygen atoms in total. The van der Waals surface area contributed by atoms with E-state index in [9.17, 15) is 0 Å². The molecule has 2 rings (SSSR count). The Labute approximate surface area is 102 Å². The lowest BCUT2D eigenvalue weighted by Gasteiger charge is -2.16. The van der Waals surface area contributed by atoms with Crippen LogP contribution in [-0.4, -0.2) is 26.1 Å². The molecule has 0 amide bonds. The van der Waals surface area contributed by atoms with Crippen molar-refractivity contribution in [2.45, 2.75) is 18.9 Å². The van der Waals surface area contributed by atoms with Crippen LogP contribution in [0.1, 0.15) is 24.0 Å². The second-order valence-corrected chi connectivity index (χ2v) is 4.26. The van der Waals surface area contributed by atoms with Crippen molar-refractivity contribution in [1.29, 1.82) is 0 Å². The molecule has 5 heteroatoms. The first-order valence-electron chi connectivity index (χ1n) is 5.82. The topological polar surface area (TPSA) is 47.7 Å². The summed E-state index contributed by atoms with van der Waals surface area (Å²) in [6, 6.07) is 0.319. The quantitative estimate of drug-likeness (QED) is 0.839. The van der Waals surface area contributed by atoms with Gasteiger partial charge in [-0.3, -0.25) is 0 Å². The minimum Gasteiger partial charge on any atom is -0.338 e. The molecule has 0 spiro atoms. The van der Waals surface area contributed by atoms with Gasteiger partial charge >= 0.3 is 0 Å². The van der Waals surface area contributed by atoms with Gasteiger partial charge in [0.25, 0.3) is 0 Å². The molecule has 1 N–H and O–H groups in total. The highest BCUT2D eigenvalue weighted by Gasteiger charge is 2.13. The van der Waals surface area contributed by atoms with Crippen LogP contribution in [-0.2, 0) is 20.5 Å². The maximum atomic E-state index is 4.34. The van der Waals surface area contributed by atoms with Gasteiger partial charge in [0.05, 0.1) is 12.0 Å². The number of aromatic nitrogens is 4. The summed E-state index contributed by atoms with van der Waals surface area (Å²) < 4.78 is 4.12. The standard InChI is InChI=1S/C12H19N5/c1-13-10(11-8-14-9-17(11)3)4-5-12-15-6-7-16(12)2/h6-10,13H,4-5H2,1-3H3. The normalized spacial score (nSPS) is 12.9. The third-order valence-corrected chi connectivity index (χ3v) is 3.14. The molecule has 0 bridgehead atoms. The van der Waals surface area contributed by atoms with Crippen molar-refractivity contribution in [3.8, 4) is 0 Å². The highest BCUT2D eigenvalue weighted by molar-refractivity contribution is 5.05. The van der Waals surface area contributed by atoms with Gasteiger partial charge in [0.2, 0.25) is 0 Å². The average Bonchev–Trinajstić information content (AvgIpc) is 2.90. The molecule has 17 heavy (non-hydrogen) atoms. The fourth-order valence-electron chi connectivity index (χ4n) is 2.05. The fourth-order valence-corrected chi connectivity index (χ4v) is 2.05. The van der Waals surface area contributed by atoms with Crippen molar-refractivity contribution in [3.05, 3.63) is 36.4 Å². The van der Waals surface area contributed by atoms with Gasteiger partial charge in [-0.1, -0.05) is 0 Å². The Bertz CT molecular complexity index is 471. The van der Waals surface area contributed by atoms with Crippen LogP contribution in [0.4, 0.5) is 0 Å². The van der Waals surface area contributed by atoms with E-state index in [0.29, 0.717) is 6.04 Å². The summed E-state index contributed by atoms with van der Waals surface area (Å²) in [6.07, 6.45) is 9.54. The van der Waals surface area contributed by atoms with Gasteiger partial charge in [0.1, 0.15) is 5.82 Å². The minimum atomic E-state index is 0.319. The predicted molar refractivity (Wildman–Crippen MR) is 66.5 cm³/mol. The second-order valence-electron chi connectivity index (χ2n) is 4.26. The van der Waals surface area contributed by atoms with Gasteiger partial charge < -0.3 is 14.5 Å². The van der Waals surface area contributed by atoms with Crippen LogP contribution in [0.3, 0.4) is 0 Å². The Morgan fingerprint density at radius 3 is 2.71 bits per heavy atom. The van der Waals surface area contributed by atoms with E-state index in [2.05, 4.69) is 24.4 Å². The summed E-state index contributed by atoms with van der Waals surface area (Å²) in [6.45, 7) is 0. The molecule has 0 aliphatic carbocycles. The lowest BCUT2D eigenvalue weighted by Crippen LogP contribution is -2.20. The van der Waals surface area contributed by atoms with Gasteiger partial charge in [-0.05, 0) is 13.5 Å². The number of rotatable bonds is 5. The van der Waals surface area contributed by atoms with Crippen LogP contribution in [0.2, 0.25) is 0 Å². The molecule has 0 saturated heterocycles. The summed E-state index contributed by atoms with van der Waals surface area (Å²) in [5.74, 6) is 1.12. The molecule has 0 radical (unpaired) electrons. The monoisotopic (exact) mass is 233 g/mol. The highest BCUT2D eigenvalue weighted by atomic mass is 15.1. The molecule has 0 aliphatic rings. The Hall–Kier alpha value is -1.62. The van der Waals surface area contributed by atoms with Gasteiger partial charge in [0.15, 0.2) is 0 Å². The summed E-state index contributed by atoms with van der Waals surface area (Å²) in [5, 5.41) is 3.33. The largest absolute Gasteiger partial charge is 0.338 e. The molecule has 2 aromatic rings. The van der Waals surface area contributed by atoms with Crippen molar-refractivity contribution in [2.75, 3.05) is 7.05 Å². The van der Waals surface area contributed by atoms with E-state index in [0.717, 1.165) is 18.7 Å². The Morgan fingerprint density at radius 1 is 1.35 bits per heavy atom. The minimum absolute atomic E-state index is 0.319. The number of hydrogen-bond donors (Lipinski definition) is 1. The Kier molecular flexibility index (Phi) is 3.58. The van der Waals surface area contributed by atoms with E-state index in [4.69, 9.17) is 0 Å². The van der Waals surface area contributed by atoms with Gasteiger partial charge in [-0.25, -0.2) is 9.97 Å². The molecule has 0 aliphatic heterocycles. The van der Waals surface area contributed by atoms with Gasteiger partial charge in [-0.2, -0.15) is 0 Å². The first-order valence-corrected chi connectivity index (χ1v) is 5.82. The summed E-state index contributed by atoms with van der Waals surface area (Å²) in [4.78, 5) is 8.49. The lowest BCUT2D eigenvalue weighted by atomic mass is 10.1. The summed E-state index contributed by atoms with van der Waals surface area (Å²) in [5.41, 5.74) is 1.21. The first-order chi connectivity index (χ1) is 8.22. The molecule has 2 aromatic heterocycles. The Morgan fingerprint density at radius 2 is 2.18 bits per heavy atom. The van der Waals surface area contributed by atoms with E-state index in [1.54, 1.807) is 0 Å². The number of aryl methyl sites for hydroxylation is 3. The van der Waals surface area contributed by atoms with E-state index in [1.807, 2.05) is 46.1 Å². The molecule has 1 atom stereocenters. The van der Waals surface area contributed by atoms with Crippen molar-refractivity contribution in [2.24, 2.45) is 14.1 Å². The molecular formula is C12H19N5. The maximum Gasteiger partial charge on any atom is 0.108 e. The van der Waals surface area contributed by atoms with Gasteiger partial charge in [-0.15, -0.1) is 0 Å². The number of nitrogens with zero attached hydrogens (tertiary/aromatic N) is 4.